The summed E-state index contributed by atoms with van der Waals surface area (Å²) in [5.41, 5.74) is 1.52. The van der Waals surface area contributed by atoms with Crippen LogP contribution in [0.4, 0.5) is 4.39 Å². The number of rotatable bonds is 7. The maximum absolute atomic E-state index is 13.7. The van der Waals surface area contributed by atoms with Crippen LogP contribution >= 0.6 is 11.6 Å². The molecule has 0 spiro atoms. The Balaban J connectivity index is 1.96. The zero-order valence-corrected chi connectivity index (χ0v) is 13.7. The summed E-state index contributed by atoms with van der Waals surface area (Å²) in [5.74, 6) is 0.980. The first-order valence-electron chi connectivity index (χ1n) is 7.41. The van der Waals surface area contributed by atoms with E-state index in [1.807, 2.05) is 24.3 Å². The maximum atomic E-state index is 13.7. The molecule has 0 bridgehead atoms. The van der Waals surface area contributed by atoms with Crippen LogP contribution in [0.25, 0.3) is 0 Å². The third-order valence-electron chi connectivity index (χ3n) is 3.23. The molecule has 0 aliphatic carbocycles. The number of ether oxygens (including phenoxy) is 1. The van der Waals surface area contributed by atoms with Gasteiger partial charge in [-0.15, -0.1) is 0 Å². The molecule has 2 aromatic carbocycles. The van der Waals surface area contributed by atoms with E-state index in [-0.39, 0.29) is 12.4 Å². The van der Waals surface area contributed by atoms with Crippen molar-refractivity contribution in [1.82, 2.24) is 5.32 Å². The van der Waals surface area contributed by atoms with Crippen molar-refractivity contribution >= 4 is 11.6 Å². The molecule has 2 nitrogen and oxygen atoms in total. The molecule has 4 heteroatoms. The lowest BCUT2D eigenvalue weighted by Gasteiger charge is -2.11. The van der Waals surface area contributed by atoms with E-state index in [9.17, 15) is 4.39 Å². The van der Waals surface area contributed by atoms with Gasteiger partial charge in [0.25, 0.3) is 0 Å². The Kier molecular flexibility index (Phi) is 6.22. The summed E-state index contributed by atoms with van der Waals surface area (Å²) in [5, 5.41) is 3.77. The van der Waals surface area contributed by atoms with E-state index >= 15 is 0 Å². The lowest BCUT2D eigenvalue weighted by atomic mass is 10.2. The Morgan fingerprint density at radius 3 is 2.68 bits per heavy atom. The van der Waals surface area contributed by atoms with E-state index in [2.05, 4.69) is 19.2 Å². The highest BCUT2D eigenvalue weighted by Crippen LogP contribution is 2.22. The molecule has 2 rings (SSSR count). The van der Waals surface area contributed by atoms with Gasteiger partial charge in [-0.05, 0) is 42.3 Å². The Bertz CT molecular complexity index is 596. The molecule has 22 heavy (non-hydrogen) atoms. The predicted molar refractivity (Wildman–Crippen MR) is 88.7 cm³/mol. The highest BCUT2D eigenvalue weighted by Gasteiger charge is 2.07. The highest BCUT2D eigenvalue weighted by molar-refractivity contribution is 6.31. The van der Waals surface area contributed by atoms with Crippen LogP contribution in [0.15, 0.2) is 42.5 Å². The van der Waals surface area contributed by atoms with Crippen LogP contribution in [0.3, 0.4) is 0 Å². The summed E-state index contributed by atoms with van der Waals surface area (Å²) in [4.78, 5) is 0. The number of hydrogen-bond donors (Lipinski definition) is 1. The molecule has 0 aromatic heterocycles. The van der Waals surface area contributed by atoms with E-state index in [0.29, 0.717) is 22.3 Å². The van der Waals surface area contributed by atoms with Crippen LogP contribution in [-0.2, 0) is 13.2 Å². The minimum Gasteiger partial charge on any atom is -0.489 e. The summed E-state index contributed by atoms with van der Waals surface area (Å²) in [7, 11) is 0. The molecule has 0 atom stereocenters. The lowest BCUT2D eigenvalue weighted by Crippen LogP contribution is -2.18. The van der Waals surface area contributed by atoms with Gasteiger partial charge >= 0.3 is 0 Å². The first kappa shape index (κ1) is 16.8. The Morgan fingerprint density at radius 1 is 1.18 bits per heavy atom. The largest absolute Gasteiger partial charge is 0.489 e. The van der Waals surface area contributed by atoms with Crippen molar-refractivity contribution in [2.24, 2.45) is 5.92 Å². The Morgan fingerprint density at radius 2 is 1.95 bits per heavy atom. The van der Waals surface area contributed by atoms with E-state index in [0.717, 1.165) is 18.7 Å². The van der Waals surface area contributed by atoms with Crippen molar-refractivity contribution in [2.75, 3.05) is 6.54 Å². The molecule has 0 fully saturated rings. The zero-order valence-electron chi connectivity index (χ0n) is 12.9. The van der Waals surface area contributed by atoms with E-state index in [1.165, 1.54) is 6.07 Å². The molecular formula is C18H21ClFNO. The van der Waals surface area contributed by atoms with Crippen molar-refractivity contribution < 1.29 is 9.13 Å². The maximum Gasteiger partial charge on any atom is 0.131 e. The van der Waals surface area contributed by atoms with Gasteiger partial charge in [-0.2, -0.15) is 0 Å². The van der Waals surface area contributed by atoms with Crippen molar-refractivity contribution in [2.45, 2.75) is 27.0 Å². The van der Waals surface area contributed by atoms with Crippen molar-refractivity contribution in [3.63, 3.8) is 0 Å². The average molecular weight is 322 g/mol. The molecule has 0 saturated heterocycles. The molecule has 0 radical (unpaired) electrons. The normalized spacial score (nSPS) is 11.0. The van der Waals surface area contributed by atoms with Gasteiger partial charge in [0.1, 0.15) is 18.2 Å². The van der Waals surface area contributed by atoms with Crippen LogP contribution in [0.1, 0.15) is 25.0 Å². The molecule has 2 aromatic rings. The summed E-state index contributed by atoms with van der Waals surface area (Å²) < 4.78 is 19.4. The molecule has 1 N–H and O–H groups in total. The fourth-order valence-electron chi connectivity index (χ4n) is 2.08. The van der Waals surface area contributed by atoms with Crippen LogP contribution in [0, 0.1) is 11.7 Å². The second-order valence-electron chi connectivity index (χ2n) is 5.66. The van der Waals surface area contributed by atoms with Gasteiger partial charge in [-0.3, -0.25) is 0 Å². The summed E-state index contributed by atoms with van der Waals surface area (Å²) in [6, 6.07) is 12.4. The summed E-state index contributed by atoms with van der Waals surface area (Å²) >= 11 is 6.00. The lowest BCUT2D eigenvalue weighted by molar-refractivity contribution is 0.299. The van der Waals surface area contributed by atoms with Crippen LogP contribution in [0.5, 0.6) is 5.75 Å². The summed E-state index contributed by atoms with van der Waals surface area (Å²) in [6.07, 6.45) is 0. The first-order chi connectivity index (χ1) is 10.6. The fraction of sp³-hybridized carbons (Fsp3) is 0.333. The zero-order chi connectivity index (χ0) is 15.9. The highest BCUT2D eigenvalue weighted by atomic mass is 35.5. The molecular weight excluding hydrogens is 301 g/mol. The minimum atomic E-state index is -0.345. The van der Waals surface area contributed by atoms with Crippen molar-refractivity contribution in [1.29, 1.82) is 0 Å². The molecule has 0 saturated carbocycles. The topological polar surface area (TPSA) is 21.3 Å². The molecule has 0 aliphatic heterocycles. The van der Waals surface area contributed by atoms with Crippen molar-refractivity contribution in [3.05, 3.63) is 64.4 Å². The Labute approximate surface area is 136 Å². The third kappa shape index (κ3) is 5.00. The molecule has 0 heterocycles. The van der Waals surface area contributed by atoms with Gasteiger partial charge in [-0.1, -0.05) is 43.6 Å². The molecule has 0 aliphatic rings. The van der Waals surface area contributed by atoms with E-state index in [4.69, 9.17) is 16.3 Å². The number of hydrogen-bond acceptors (Lipinski definition) is 2. The van der Waals surface area contributed by atoms with Gasteiger partial charge in [0.2, 0.25) is 0 Å². The minimum absolute atomic E-state index is 0.119. The van der Waals surface area contributed by atoms with E-state index < -0.39 is 0 Å². The van der Waals surface area contributed by atoms with E-state index in [1.54, 1.807) is 12.1 Å². The standard InChI is InChI=1S/C18H21ClFNO/c1-13(2)10-21-11-14-5-3-6-15(9-14)22-12-16-17(19)7-4-8-18(16)20/h3-9,13,21H,10-12H2,1-2H3. The van der Waals surface area contributed by atoms with Gasteiger partial charge in [0, 0.05) is 12.1 Å². The predicted octanol–water partition coefficient (Wildman–Crippen LogP) is 4.80. The summed E-state index contributed by atoms with van der Waals surface area (Å²) in [6.45, 7) is 6.22. The quantitative estimate of drug-likeness (QED) is 0.790. The molecule has 0 unspecified atom stereocenters. The smallest absolute Gasteiger partial charge is 0.131 e. The number of nitrogens with one attached hydrogen (secondary N) is 1. The molecule has 0 amide bonds. The van der Waals surface area contributed by atoms with Crippen LogP contribution in [0.2, 0.25) is 5.02 Å². The average Bonchev–Trinajstić information content (AvgIpc) is 2.47. The number of halogens is 2. The van der Waals surface area contributed by atoms with Crippen LogP contribution in [-0.4, -0.2) is 6.54 Å². The van der Waals surface area contributed by atoms with Gasteiger partial charge < -0.3 is 10.1 Å². The van der Waals surface area contributed by atoms with Gasteiger partial charge in [-0.25, -0.2) is 4.39 Å². The molecule has 118 valence electrons. The monoisotopic (exact) mass is 321 g/mol. The SMILES string of the molecule is CC(C)CNCc1cccc(OCc2c(F)cccc2Cl)c1. The Hall–Kier alpha value is -1.58. The van der Waals surface area contributed by atoms with Crippen LogP contribution < -0.4 is 10.1 Å². The van der Waals surface area contributed by atoms with Gasteiger partial charge in [0.05, 0.1) is 5.02 Å². The third-order valence-corrected chi connectivity index (χ3v) is 3.58. The number of benzene rings is 2. The second kappa shape index (κ2) is 8.16. The van der Waals surface area contributed by atoms with Crippen molar-refractivity contribution in [3.8, 4) is 5.75 Å². The second-order valence-corrected chi connectivity index (χ2v) is 6.07. The fourth-order valence-corrected chi connectivity index (χ4v) is 2.29. The van der Waals surface area contributed by atoms with Gasteiger partial charge in [0.15, 0.2) is 0 Å². The first-order valence-corrected chi connectivity index (χ1v) is 7.79.